The van der Waals surface area contributed by atoms with Gasteiger partial charge in [-0.25, -0.2) is 0 Å². The lowest BCUT2D eigenvalue weighted by Gasteiger charge is -2.57. The van der Waals surface area contributed by atoms with Crippen LogP contribution >= 0.6 is 0 Å². The molecule has 3 saturated carbocycles. The van der Waals surface area contributed by atoms with E-state index in [1.807, 2.05) is 0 Å². The van der Waals surface area contributed by atoms with Crippen molar-refractivity contribution in [3.8, 4) is 0 Å². The fraction of sp³-hybridized carbons (Fsp3) is 0.895. The Morgan fingerprint density at radius 3 is 2.85 bits per heavy atom. The molecule has 0 aromatic heterocycles. The van der Waals surface area contributed by atoms with Crippen molar-refractivity contribution < 1.29 is 6.48 Å². The van der Waals surface area contributed by atoms with E-state index < -0.39 is 0 Å². The second-order valence-electron chi connectivity index (χ2n) is 8.58. The van der Waals surface area contributed by atoms with Crippen LogP contribution in [0, 0.1) is 28.6 Å². The molecule has 1 heteroatoms. The van der Waals surface area contributed by atoms with Gasteiger partial charge in [0, 0.05) is 1.37 Å². The largest absolute Gasteiger partial charge is 0.393 e. The van der Waals surface area contributed by atoms with Crippen LogP contribution in [0.2, 0.25) is 0 Å². The predicted molar refractivity (Wildman–Crippen MR) is 82.3 cm³/mol. The summed E-state index contributed by atoms with van der Waals surface area (Å²) in [7, 11) is 0. The summed E-state index contributed by atoms with van der Waals surface area (Å²) in [4.78, 5) is 0. The Balaban J connectivity index is 1.67. The van der Waals surface area contributed by atoms with Gasteiger partial charge in [-0.15, -0.1) is 0 Å². The minimum Gasteiger partial charge on any atom is -0.393 e. The lowest BCUT2D eigenvalue weighted by molar-refractivity contribution is -0.0360. The lowest BCUT2D eigenvalue weighted by atomic mass is 9.48. The van der Waals surface area contributed by atoms with E-state index in [9.17, 15) is 5.11 Å². The third-order valence-corrected chi connectivity index (χ3v) is 7.63. The Hall–Kier alpha value is -0.300. The second kappa shape index (κ2) is 4.35. The minimum absolute atomic E-state index is 0.0983. The Kier molecular flexibility index (Phi) is 2.67. The number of allylic oxidation sites excluding steroid dienone is 1. The highest BCUT2D eigenvalue weighted by Crippen LogP contribution is 2.64. The topological polar surface area (TPSA) is 20.2 Å². The fourth-order valence-electron chi connectivity index (χ4n) is 6.34. The molecule has 0 aromatic carbocycles. The molecule has 112 valence electrons. The molecule has 20 heavy (non-hydrogen) atoms. The normalized spacial score (nSPS) is 59.0. The highest BCUT2D eigenvalue weighted by Gasteiger charge is 2.55. The molecule has 3 fully saturated rings. The molecule has 0 amide bonds. The molecule has 0 aliphatic heterocycles. The summed E-state index contributed by atoms with van der Waals surface area (Å²) >= 11 is 0. The SMILES string of the molecule is [2H]C1CC2C3CC=C4CC(O)CCC4(C)C3CCC2(C)C1. The first-order valence-corrected chi connectivity index (χ1v) is 8.72. The van der Waals surface area contributed by atoms with Crippen LogP contribution < -0.4 is 0 Å². The van der Waals surface area contributed by atoms with Crippen molar-refractivity contribution in [3.05, 3.63) is 11.6 Å². The molecule has 0 spiro atoms. The number of aliphatic hydroxyl groups is 1. The van der Waals surface area contributed by atoms with Crippen molar-refractivity contribution in [2.75, 3.05) is 0 Å². The zero-order valence-electron chi connectivity index (χ0n) is 14.1. The fourth-order valence-corrected chi connectivity index (χ4v) is 6.34. The van der Waals surface area contributed by atoms with Crippen LogP contribution in [-0.2, 0) is 0 Å². The first-order valence-electron chi connectivity index (χ1n) is 9.30. The van der Waals surface area contributed by atoms with E-state index in [4.69, 9.17) is 1.37 Å². The molecular formula is C19H30O. The van der Waals surface area contributed by atoms with E-state index in [0.717, 1.165) is 43.4 Å². The standard InChI is InChI=1S/C19H30O/c1-18-9-3-4-16(18)15-6-5-13-12-14(20)7-11-19(13,2)17(15)8-10-18/h5,14-17,20H,3-4,6-12H2,1-2H3/i3D. The summed E-state index contributed by atoms with van der Waals surface area (Å²) < 4.78 is 8.27. The van der Waals surface area contributed by atoms with E-state index >= 15 is 0 Å². The van der Waals surface area contributed by atoms with E-state index in [1.165, 1.54) is 25.7 Å². The van der Waals surface area contributed by atoms with Crippen molar-refractivity contribution in [2.24, 2.45) is 28.6 Å². The first-order chi connectivity index (χ1) is 9.92. The quantitative estimate of drug-likeness (QED) is 0.635. The van der Waals surface area contributed by atoms with Gasteiger partial charge in [-0.1, -0.05) is 31.9 Å². The van der Waals surface area contributed by atoms with Gasteiger partial charge in [0.25, 0.3) is 0 Å². The second-order valence-corrected chi connectivity index (χ2v) is 8.58. The maximum atomic E-state index is 10.0. The van der Waals surface area contributed by atoms with Gasteiger partial charge in [0.1, 0.15) is 0 Å². The number of hydrogen-bond donors (Lipinski definition) is 1. The van der Waals surface area contributed by atoms with Crippen molar-refractivity contribution >= 4 is 0 Å². The first kappa shape index (κ1) is 12.3. The van der Waals surface area contributed by atoms with Crippen molar-refractivity contribution in [3.63, 3.8) is 0 Å². The molecule has 1 nitrogen and oxygen atoms in total. The summed E-state index contributed by atoms with van der Waals surface area (Å²) in [6.45, 7) is 4.95. The molecule has 0 radical (unpaired) electrons. The molecule has 7 atom stereocenters. The van der Waals surface area contributed by atoms with Crippen molar-refractivity contribution in [1.29, 1.82) is 0 Å². The Bertz CT molecular complexity index is 472. The Morgan fingerprint density at radius 1 is 1.15 bits per heavy atom. The van der Waals surface area contributed by atoms with Crippen LogP contribution in [-0.4, -0.2) is 11.2 Å². The summed E-state index contributed by atoms with van der Waals surface area (Å²) in [5.74, 6) is 2.40. The van der Waals surface area contributed by atoms with Gasteiger partial charge < -0.3 is 5.11 Å². The molecular weight excluding hydrogens is 244 g/mol. The molecule has 7 unspecified atom stereocenters. The summed E-state index contributed by atoms with van der Waals surface area (Å²) in [5, 5.41) is 10.0. The number of fused-ring (bicyclic) bond motifs is 5. The third kappa shape index (κ3) is 1.71. The van der Waals surface area contributed by atoms with Crippen LogP contribution in [0.4, 0.5) is 0 Å². The lowest BCUT2D eigenvalue weighted by Crippen LogP contribution is -2.49. The zero-order valence-corrected chi connectivity index (χ0v) is 13.1. The Morgan fingerprint density at radius 2 is 2.00 bits per heavy atom. The van der Waals surface area contributed by atoms with Crippen LogP contribution in [0.1, 0.15) is 73.0 Å². The zero-order chi connectivity index (χ0) is 14.8. The maximum Gasteiger partial charge on any atom is 0.0577 e. The number of rotatable bonds is 0. The number of aliphatic hydroxyl groups excluding tert-OH is 1. The van der Waals surface area contributed by atoms with E-state index in [2.05, 4.69) is 19.9 Å². The monoisotopic (exact) mass is 275 g/mol. The average molecular weight is 275 g/mol. The van der Waals surface area contributed by atoms with E-state index in [0.29, 0.717) is 10.8 Å². The summed E-state index contributed by atoms with van der Waals surface area (Å²) in [6.07, 6.45) is 11.8. The average Bonchev–Trinajstić information content (AvgIpc) is 2.74. The molecule has 1 N–H and O–H groups in total. The smallest absolute Gasteiger partial charge is 0.0577 e. The van der Waals surface area contributed by atoms with Crippen molar-refractivity contribution in [2.45, 2.75) is 77.7 Å². The molecule has 0 saturated heterocycles. The third-order valence-electron chi connectivity index (χ3n) is 7.63. The summed E-state index contributed by atoms with van der Waals surface area (Å²) in [5.41, 5.74) is 2.36. The molecule has 4 aliphatic rings. The predicted octanol–water partition coefficient (Wildman–Crippen LogP) is 4.70. The van der Waals surface area contributed by atoms with Gasteiger partial charge in [-0.2, -0.15) is 0 Å². The maximum absolute atomic E-state index is 10.0. The molecule has 0 bridgehead atoms. The highest BCUT2D eigenvalue weighted by atomic mass is 16.3. The minimum atomic E-state index is -0.0983. The van der Waals surface area contributed by atoms with Gasteiger partial charge in [-0.05, 0) is 80.0 Å². The summed E-state index contributed by atoms with van der Waals surface area (Å²) in [6, 6.07) is 0. The van der Waals surface area contributed by atoms with E-state index in [-0.39, 0.29) is 12.5 Å². The van der Waals surface area contributed by atoms with Crippen LogP contribution in [0.5, 0.6) is 0 Å². The van der Waals surface area contributed by atoms with E-state index in [1.54, 1.807) is 5.57 Å². The van der Waals surface area contributed by atoms with Crippen LogP contribution in [0.25, 0.3) is 0 Å². The molecule has 0 heterocycles. The van der Waals surface area contributed by atoms with Gasteiger partial charge in [0.15, 0.2) is 0 Å². The number of hydrogen-bond acceptors (Lipinski definition) is 1. The van der Waals surface area contributed by atoms with Gasteiger partial charge in [0.2, 0.25) is 0 Å². The van der Waals surface area contributed by atoms with Gasteiger partial charge in [-0.3, -0.25) is 0 Å². The van der Waals surface area contributed by atoms with Gasteiger partial charge in [0.05, 0.1) is 6.10 Å². The molecule has 4 rings (SSSR count). The van der Waals surface area contributed by atoms with Gasteiger partial charge >= 0.3 is 0 Å². The molecule has 4 aliphatic carbocycles. The highest BCUT2D eigenvalue weighted by molar-refractivity contribution is 5.25. The van der Waals surface area contributed by atoms with Crippen LogP contribution in [0.3, 0.4) is 0 Å². The van der Waals surface area contributed by atoms with Crippen molar-refractivity contribution in [1.82, 2.24) is 0 Å². The van der Waals surface area contributed by atoms with Crippen LogP contribution in [0.15, 0.2) is 11.6 Å². The molecule has 0 aromatic rings. The Labute approximate surface area is 125 Å².